The number of pyridine rings is 1. The lowest BCUT2D eigenvalue weighted by molar-refractivity contribution is 0.631. The molecule has 2 aromatic rings. The molecule has 0 aliphatic rings. The fourth-order valence-electron chi connectivity index (χ4n) is 2.11. The van der Waals surface area contributed by atoms with E-state index >= 15 is 0 Å². The molecule has 1 aromatic heterocycles. The maximum Gasteiger partial charge on any atom is 0.0727 e. The maximum atomic E-state index is 5.72. The van der Waals surface area contributed by atoms with Gasteiger partial charge in [-0.3, -0.25) is 10.8 Å². The number of aromatic nitrogens is 1. The Morgan fingerprint density at radius 3 is 2.37 bits per heavy atom. The fourth-order valence-corrected chi connectivity index (χ4v) is 2.11. The van der Waals surface area contributed by atoms with Gasteiger partial charge in [-0.25, -0.2) is 5.43 Å². The van der Waals surface area contributed by atoms with E-state index in [1.165, 1.54) is 11.3 Å². The van der Waals surface area contributed by atoms with Crippen LogP contribution in [-0.2, 0) is 0 Å². The molecular weight excluding hydrogens is 236 g/mol. The van der Waals surface area contributed by atoms with E-state index in [1.54, 1.807) is 6.20 Å². The summed E-state index contributed by atoms with van der Waals surface area (Å²) in [5, 5.41) is 0. The molecule has 1 heterocycles. The van der Waals surface area contributed by atoms with Gasteiger partial charge in [0.1, 0.15) is 0 Å². The lowest BCUT2D eigenvalue weighted by Crippen LogP contribution is -2.29. The van der Waals surface area contributed by atoms with Gasteiger partial charge in [0, 0.05) is 32.2 Å². The number of benzene rings is 1. The second-order valence-corrected chi connectivity index (χ2v) is 4.82. The van der Waals surface area contributed by atoms with Crippen LogP contribution in [0.3, 0.4) is 0 Å². The SMILES string of the molecule is Cc1ccncc1C(NN)c1ccc(N(C)C)cc1. The fraction of sp³-hybridized carbons (Fsp3) is 0.267. The Kier molecular flexibility index (Phi) is 4.14. The Morgan fingerprint density at radius 2 is 1.84 bits per heavy atom. The van der Waals surface area contributed by atoms with Gasteiger partial charge in [-0.2, -0.15) is 0 Å². The summed E-state index contributed by atoms with van der Waals surface area (Å²) >= 11 is 0. The summed E-state index contributed by atoms with van der Waals surface area (Å²) in [4.78, 5) is 6.26. The average Bonchev–Trinajstić information content (AvgIpc) is 2.42. The van der Waals surface area contributed by atoms with Crippen molar-refractivity contribution in [3.8, 4) is 0 Å². The number of nitrogens with zero attached hydrogens (tertiary/aromatic N) is 2. The van der Waals surface area contributed by atoms with Crippen molar-refractivity contribution in [1.82, 2.24) is 10.4 Å². The summed E-state index contributed by atoms with van der Waals surface area (Å²) in [7, 11) is 4.05. The highest BCUT2D eigenvalue weighted by molar-refractivity contribution is 5.48. The van der Waals surface area contributed by atoms with Crippen molar-refractivity contribution in [2.24, 2.45) is 5.84 Å². The van der Waals surface area contributed by atoms with Crippen molar-refractivity contribution in [3.05, 3.63) is 59.4 Å². The van der Waals surface area contributed by atoms with Crippen molar-refractivity contribution in [3.63, 3.8) is 0 Å². The van der Waals surface area contributed by atoms with Crippen LogP contribution in [0.15, 0.2) is 42.7 Å². The molecule has 1 unspecified atom stereocenters. The number of nitrogens with one attached hydrogen (secondary N) is 1. The van der Waals surface area contributed by atoms with Crippen molar-refractivity contribution < 1.29 is 0 Å². The highest BCUT2D eigenvalue weighted by Gasteiger charge is 2.14. The van der Waals surface area contributed by atoms with Gasteiger partial charge in [0.15, 0.2) is 0 Å². The van der Waals surface area contributed by atoms with Crippen LogP contribution in [0.1, 0.15) is 22.7 Å². The third-order valence-corrected chi connectivity index (χ3v) is 3.30. The first-order valence-corrected chi connectivity index (χ1v) is 6.27. The van der Waals surface area contributed by atoms with Crippen LogP contribution in [0.2, 0.25) is 0 Å². The largest absolute Gasteiger partial charge is 0.378 e. The number of anilines is 1. The van der Waals surface area contributed by atoms with Crippen LogP contribution in [0.4, 0.5) is 5.69 Å². The van der Waals surface area contributed by atoms with Crippen LogP contribution in [0.25, 0.3) is 0 Å². The minimum Gasteiger partial charge on any atom is -0.378 e. The molecule has 1 aromatic carbocycles. The molecule has 0 amide bonds. The third kappa shape index (κ3) is 2.92. The maximum absolute atomic E-state index is 5.72. The van der Waals surface area contributed by atoms with E-state index in [0.29, 0.717) is 0 Å². The number of rotatable bonds is 4. The van der Waals surface area contributed by atoms with Crippen molar-refractivity contribution in [1.29, 1.82) is 0 Å². The number of hydrazine groups is 1. The molecule has 0 aliphatic heterocycles. The van der Waals surface area contributed by atoms with E-state index in [4.69, 9.17) is 5.84 Å². The van der Waals surface area contributed by atoms with Crippen LogP contribution < -0.4 is 16.2 Å². The minimum atomic E-state index is -0.0371. The van der Waals surface area contributed by atoms with E-state index in [9.17, 15) is 0 Å². The van der Waals surface area contributed by atoms with Crippen LogP contribution in [0.5, 0.6) is 0 Å². The van der Waals surface area contributed by atoms with E-state index in [1.807, 2.05) is 26.4 Å². The summed E-state index contributed by atoms with van der Waals surface area (Å²) in [6, 6.07) is 10.3. The van der Waals surface area contributed by atoms with Gasteiger partial charge >= 0.3 is 0 Å². The van der Waals surface area contributed by atoms with Gasteiger partial charge in [0.05, 0.1) is 6.04 Å². The zero-order valence-electron chi connectivity index (χ0n) is 11.6. The van der Waals surface area contributed by atoms with Gasteiger partial charge in [-0.1, -0.05) is 12.1 Å². The predicted octanol–water partition coefficient (Wildman–Crippen LogP) is 2.01. The molecule has 0 radical (unpaired) electrons. The smallest absolute Gasteiger partial charge is 0.0727 e. The summed E-state index contributed by atoms with van der Waals surface area (Å²) in [5.74, 6) is 5.72. The Bertz CT molecular complexity index is 534. The number of aryl methyl sites for hydroxylation is 1. The van der Waals surface area contributed by atoms with Gasteiger partial charge in [-0.15, -0.1) is 0 Å². The Balaban J connectivity index is 2.35. The van der Waals surface area contributed by atoms with E-state index in [0.717, 1.165) is 11.1 Å². The molecule has 19 heavy (non-hydrogen) atoms. The zero-order chi connectivity index (χ0) is 13.8. The zero-order valence-corrected chi connectivity index (χ0v) is 11.6. The quantitative estimate of drug-likeness (QED) is 0.649. The first kappa shape index (κ1) is 13.5. The van der Waals surface area contributed by atoms with Crippen LogP contribution >= 0.6 is 0 Å². The third-order valence-electron chi connectivity index (χ3n) is 3.30. The topological polar surface area (TPSA) is 54.2 Å². The van der Waals surface area contributed by atoms with Crippen molar-refractivity contribution >= 4 is 5.69 Å². The number of hydrogen-bond donors (Lipinski definition) is 2. The average molecular weight is 256 g/mol. The lowest BCUT2D eigenvalue weighted by Gasteiger charge is -2.20. The first-order valence-electron chi connectivity index (χ1n) is 6.27. The van der Waals surface area contributed by atoms with Gasteiger partial charge < -0.3 is 4.90 Å². The van der Waals surface area contributed by atoms with E-state index in [-0.39, 0.29) is 6.04 Å². The Hall–Kier alpha value is -1.91. The second-order valence-electron chi connectivity index (χ2n) is 4.82. The molecule has 0 saturated carbocycles. The molecule has 2 rings (SSSR count). The molecule has 0 fully saturated rings. The number of nitrogens with two attached hydrogens (primary N) is 1. The van der Waals surface area contributed by atoms with Crippen LogP contribution in [-0.4, -0.2) is 19.1 Å². The molecule has 1 atom stereocenters. The summed E-state index contributed by atoms with van der Waals surface area (Å²) in [5.41, 5.74) is 7.44. The highest BCUT2D eigenvalue weighted by Crippen LogP contribution is 2.25. The molecular formula is C15H20N4. The van der Waals surface area contributed by atoms with Crippen molar-refractivity contribution in [2.75, 3.05) is 19.0 Å². The molecule has 4 heteroatoms. The number of hydrogen-bond acceptors (Lipinski definition) is 4. The normalized spacial score (nSPS) is 12.2. The second kappa shape index (κ2) is 5.82. The first-order chi connectivity index (χ1) is 9.13. The van der Waals surface area contributed by atoms with Crippen molar-refractivity contribution in [2.45, 2.75) is 13.0 Å². The lowest BCUT2D eigenvalue weighted by atomic mass is 9.97. The molecule has 100 valence electrons. The van der Waals surface area contributed by atoms with Crippen LogP contribution in [0, 0.1) is 6.92 Å². The standard InChI is InChI=1S/C15H20N4/c1-11-8-9-17-10-14(11)15(18-16)12-4-6-13(7-5-12)19(2)3/h4-10,15,18H,16H2,1-3H3. The summed E-state index contributed by atoms with van der Waals surface area (Å²) < 4.78 is 0. The van der Waals surface area contributed by atoms with Gasteiger partial charge in [0.2, 0.25) is 0 Å². The molecule has 0 saturated heterocycles. The Labute approximate surface area is 114 Å². The van der Waals surface area contributed by atoms with E-state index in [2.05, 4.69) is 46.5 Å². The minimum absolute atomic E-state index is 0.0371. The molecule has 0 bridgehead atoms. The monoisotopic (exact) mass is 256 g/mol. The Morgan fingerprint density at radius 1 is 1.16 bits per heavy atom. The molecule has 0 aliphatic carbocycles. The molecule has 3 N–H and O–H groups in total. The molecule has 0 spiro atoms. The van der Waals surface area contributed by atoms with Gasteiger partial charge in [-0.05, 0) is 41.8 Å². The summed E-state index contributed by atoms with van der Waals surface area (Å²) in [6.45, 7) is 2.07. The van der Waals surface area contributed by atoms with Gasteiger partial charge in [0.25, 0.3) is 0 Å². The molecule has 4 nitrogen and oxygen atoms in total. The highest BCUT2D eigenvalue weighted by atomic mass is 15.2. The summed E-state index contributed by atoms with van der Waals surface area (Å²) in [6.07, 6.45) is 3.65. The predicted molar refractivity (Wildman–Crippen MR) is 78.9 cm³/mol. The van der Waals surface area contributed by atoms with E-state index < -0.39 is 0 Å².